The topological polar surface area (TPSA) is 44.8 Å². The summed E-state index contributed by atoms with van der Waals surface area (Å²) >= 11 is 0. The Morgan fingerprint density at radius 2 is 1.70 bits per heavy atom. The predicted molar refractivity (Wildman–Crippen MR) is 88.6 cm³/mol. The Labute approximate surface area is 135 Å². The monoisotopic (exact) mass is 310 g/mol. The standard InChI is InChI=1S/C19H18O4/c1-21-15-6-4-5-12(8-15)7-14-9-13-10-17(22-2)18(23-3)11-16(13)19(14)20/h4-8,10-11H,9H2,1-3H3/b14-7+. The Morgan fingerprint density at radius 1 is 0.957 bits per heavy atom. The molecule has 0 aromatic heterocycles. The molecular weight excluding hydrogens is 292 g/mol. The number of hydrogen-bond donors (Lipinski definition) is 0. The largest absolute Gasteiger partial charge is 0.497 e. The van der Waals surface area contributed by atoms with E-state index >= 15 is 0 Å². The molecule has 1 aliphatic carbocycles. The molecule has 0 atom stereocenters. The van der Waals surface area contributed by atoms with Crippen LogP contribution in [0.3, 0.4) is 0 Å². The average molecular weight is 310 g/mol. The first-order valence-corrected chi connectivity index (χ1v) is 7.30. The lowest BCUT2D eigenvalue weighted by atomic mass is 10.1. The number of carbonyl (C=O) groups is 1. The third-order valence-electron chi connectivity index (χ3n) is 3.96. The molecule has 0 N–H and O–H groups in total. The van der Waals surface area contributed by atoms with Crippen LogP contribution in [0, 0.1) is 0 Å². The van der Waals surface area contributed by atoms with Gasteiger partial charge in [0.2, 0.25) is 0 Å². The lowest BCUT2D eigenvalue weighted by Gasteiger charge is -2.08. The highest BCUT2D eigenvalue weighted by Gasteiger charge is 2.27. The highest BCUT2D eigenvalue weighted by Crippen LogP contribution is 2.37. The number of methoxy groups -OCH3 is 3. The van der Waals surface area contributed by atoms with Crippen LogP contribution in [0.1, 0.15) is 21.5 Å². The van der Waals surface area contributed by atoms with Crippen molar-refractivity contribution in [1.82, 2.24) is 0 Å². The van der Waals surface area contributed by atoms with Gasteiger partial charge in [-0.25, -0.2) is 0 Å². The number of benzene rings is 2. The number of allylic oxidation sites excluding steroid dienone is 1. The van der Waals surface area contributed by atoms with Crippen molar-refractivity contribution in [2.75, 3.05) is 21.3 Å². The second-order valence-electron chi connectivity index (χ2n) is 5.32. The summed E-state index contributed by atoms with van der Waals surface area (Å²) in [7, 11) is 4.78. The minimum atomic E-state index is 0.0313. The fraction of sp³-hybridized carbons (Fsp3) is 0.211. The summed E-state index contributed by atoms with van der Waals surface area (Å²) < 4.78 is 15.8. The molecule has 0 fully saturated rings. The van der Waals surface area contributed by atoms with Crippen molar-refractivity contribution < 1.29 is 19.0 Å². The predicted octanol–water partition coefficient (Wildman–Crippen LogP) is 3.53. The molecule has 0 heterocycles. The van der Waals surface area contributed by atoms with Crippen LogP contribution in [0.2, 0.25) is 0 Å². The zero-order valence-corrected chi connectivity index (χ0v) is 13.4. The van der Waals surface area contributed by atoms with E-state index in [4.69, 9.17) is 14.2 Å². The van der Waals surface area contributed by atoms with Crippen molar-refractivity contribution >= 4 is 11.9 Å². The van der Waals surface area contributed by atoms with Crippen LogP contribution >= 0.6 is 0 Å². The van der Waals surface area contributed by atoms with Gasteiger partial charge in [-0.2, -0.15) is 0 Å². The molecule has 23 heavy (non-hydrogen) atoms. The van der Waals surface area contributed by atoms with Crippen molar-refractivity contribution in [3.63, 3.8) is 0 Å². The number of hydrogen-bond acceptors (Lipinski definition) is 4. The number of rotatable bonds is 4. The van der Waals surface area contributed by atoms with Gasteiger partial charge in [-0.3, -0.25) is 4.79 Å². The van der Waals surface area contributed by atoms with Gasteiger partial charge in [-0.05, 0) is 41.5 Å². The van der Waals surface area contributed by atoms with Gasteiger partial charge in [0.25, 0.3) is 0 Å². The van der Waals surface area contributed by atoms with E-state index in [1.54, 1.807) is 27.4 Å². The quantitative estimate of drug-likeness (QED) is 0.810. The smallest absolute Gasteiger partial charge is 0.189 e. The summed E-state index contributed by atoms with van der Waals surface area (Å²) in [5, 5.41) is 0. The molecule has 2 aromatic rings. The number of ether oxygens (including phenoxy) is 3. The number of Topliss-reactive ketones (excluding diaryl/α,β-unsaturated/α-hetero) is 1. The van der Waals surface area contributed by atoms with E-state index < -0.39 is 0 Å². The summed E-state index contributed by atoms with van der Waals surface area (Å²) in [6, 6.07) is 11.3. The maximum atomic E-state index is 12.6. The van der Waals surface area contributed by atoms with Crippen LogP contribution in [0.15, 0.2) is 42.0 Å². The first kappa shape index (κ1) is 15.2. The third-order valence-corrected chi connectivity index (χ3v) is 3.96. The molecule has 0 amide bonds. The summed E-state index contributed by atoms with van der Waals surface area (Å²) in [4.78, 5) is 12.6. The van der Waals surface area contributed by atoms with Crippen molar-refractivity contribution in [2.45, 2.75) is 6.42 Å². The maximum absolute atomic E-state index is 12.6. The minimum absolute atomic E-state index is 0.0313. The minimum Gasteiger partial charge on any atom is -0.497 e. The van der Waals surface area contributed by atoms with Crippen molar-refractivity contribution in [1.29, 1.82) is 0 Å². The molecule has 1 aliphatic rings. The van der Waals surface area contributed by atoms with Crippen molar-refractivity contribution in [2.24, 2.45) is 0 Å². The zero-order chi connectivity index (χ0) is 16.4. The van der Waals surface area contributed by atoms with Crippen LogP contribution in [-0.2, 0) is 6.42 Å². The molecule has 0 saturated carbocycles. The highest BCUT2D eigenvalue weighted by atomic mass is 16.5. The van der Waals surface area contributed by atoms with Crippen LogP contribution in [0.5, 0.6) is 17.2 Å². The SMILES string of the molecule is COc1cccc(/C=C2\Cc3cc(OC)c(OC)cc3C2=O)c1. The summed E-state index contributed by atoms with van der Waals surface area (Å²) in [5.74, 6) is 2.01. The molecule has 4 heteroatoms. The van der Waals surface area contributed by atoms with Crippen LogP contribution in [0.4, 0.5) is 0 Å². The first-order chi connectivity index (χ1) is 11.2. The van der Waals surface area contributed by atoms with E-state index in [-0.39, 0.29) is 5.78 Å². The Balaban J connectivity index is 1.98. The molecule has 0 spiro atoms. The fourth-order valence-corrected chi connectivity index (χ4v) is 2.79. The average Bonchev–Trinajstić information content (AvgIpc) is 2.89. The fourth-order valence-electron chi connectivity index (χ4n) is 2.79. The first-order valence-electron chi connectivity index (χ1n) is 7.30. The molecular formula is C19H18O4. The number of carbonyl (C=O) groups excluding carboxylic acids is 1. The molecule has 0 saturated heterocycles. The third kappa shape index (κ3) is 2.80. The zero-order valence-electron chi connectivity index (χ0n) is 13.4. The summed E-state index contributed by atoms with van der Waals surface area (Å²) in [6.07, 6.45) is 2.50. The Morgan fingerprint density at radius 3 is 2.39 bits per heavy atom. The van der Waals surface area contributed by atoms with Gasteiger partial charge in [0, 0.05) is 17.6 Å². The van der Waals surface area contributed by atoms with Gasteiger partial charge in [0.1, 0.15) is 5.75 Å². The Hall–Kier alpha value is -2.75. The van der Waals surface area contributed by atoms with E-state index in [0.717, 1.165) is 22.4 Å². The molecule has 0 unspecified atom stereocenters. The molecule has 0 bridgehead atoms. The number of fused-ring (bicyclic) bond motifs is 1. The second-order valence-corrected chi connectivity index (χ2v) is 5.32. The maximum Gasteiger partial charge on any atom is 0.189 e. The van der Waals surface area contributed by atoms with Gasteiger partial charge in [0.05, 0.1) is 21.3 Å². The number of ketones is 1. The van der Waals surface area contributed by atoms with Crippen molar-refractivity contribution in [3.05, 3.63) is 58.7 Å². The van der Waals surface area contributed by atoms with E-state index in [1.165, 1.54) is 0 Å². The lowest BCUT2D eigenvalue weighted by Crippen LogP contribution is -1.97. The van der Waals surface area contributed by atoms with Gasteiger partial charge >= 0.3 is 0 Å². The van der Waals surface area contributed by atoms with Gasteiger partial charge < -0.3 is 14.2 Å². The van der Waals surface area contributed by atoms with Crippen molar-refractivity contribution in [3.8, 4) is 17.2 Å². The molecule has 118 valence electrons. The molecule has 0 radical (unpaired) electrons. The molecule has 0 aliphatic heterocycles. The Bertz CT molecular complexity index is 790. The highest BCUT2D eigenvalue weighted by molar-refractivity contribution is 6.15. The van der Waals surface area contributed by atoms with E-state index in [9.17, 15) is 4.79 Å². The second kappa shape index (κ2) is 6.16. The summed E-state index contributed by atoms with van der Waals surface area (Å²) in [6.45, 7) is 0. The van der Waals surface area contributed by atoms with Gasteiger partial charge in [-0.15, -0.1) is 0 Å². The van der Waals surface area contributed by atoms with Crippen LogP contribution in [0.25, 0.3) is 6.08 Å². The Kier molecular flexibility index (Phi) is 4.06. The van der Waals surface area contributed by atoms with E-state index in [2.05, 4.69) is 0 Å². The summed E-state index contributed by atoms with van der Waals surface area (Å²) in [5.41, 5.74) is 3.33. The molecule has 4 nitrogen and oxygen atoms in total. The van der Waals surface area contributed by atoms with Crippen LogP contribution < -0.4 is 14.2 Å². The van der Waals surface area contributed by atoms with E-state index in [0.29, 0.717) is 23.5 Å². The van der Waals surface area contributed by atoms with Gasteiger partial charge in [0.15, 0.2) is 17.3 Å². The normalized spacial score (nSPS) is 14.7. The lowest BCUT2D eigenvalue weighted by molar-refractivity contribution is 0.104. The molecule has 3 rings (SSSR count). The van der Waals surface area contributed by atoms with E-state index in [1.807, 2.05) is 36.4 Å². The van der Waals surface area contributed by atoms with Gasteiger partial charge in [-0.1, -0.05) is 12.1 Å². The molecule has 2 aromatic carbocycles. The van der Waals surface area contributed by atoms with Crippen LogP contribution in [-0.4, -0.2) is 27.1 Å².